The molecular formula is C16H19NO. The average Bonchev–Trinajstić information content (AvgIpc) is 2.45. The first kappa shape index (κ1) is 12.8. The molecule has 0 bridgehead atoms. The zero-order valence-corrected chi connectivity index (χ0v) is 10.7. The second-order valence-electron chi connectivity index (χ2n) is 4.20. The van der Waals surface area contributed by atoms with Gasteiger partial charge in [-0.05, 0) is 29.2 Å². The number of rotatable bonds is 5. The van der Waals surface area contributed by atoms with Crippen LogP contribution in [0.2, 0.25) is 0 Å². The van der Waals surface area contributed by atoms with Crippen LogP contribution in [0.15, 0.2) is 48.5 Å². The van der Waals surface area contributed by atoms with Crippen molar-refractivity contribution in [2.24, 2.45) is 5.73 Å². The Hall–Kier alpha value is -1.64. The molecule has 2 aromatic rings. The third-order valence-electron chi connectivity index (χ3n) is 2.98. The highest BCUT2D eigenvalue weighted by molar-refractivity contribution is 5.67. The van der Waals surface area contributed by atoms with Gasteiger partial charge in [-0.3, -0.25) is 0 Å². The van der Waals surface area contributed by atoms with Crippen molar-refractivity contribution in [2.45, 2.75) is 20.1 Å². The van der Waals surface area contributed by atoms with Crippen LogP contribution in [0.3, 0.4) is 0 Å². The molecule has 2 nitrogen and oxygen atoms in total. The summed E-state index contributed by atoms with van der Waals surface area (Å²) in [6.07, 6.45) is 0. The van der Waals surface area contributed by atoms with E-state index in [0.29, 0.717) is 13.2 Å². The predicted molar refractivity (Wildman–Crippen MR) is 75.1 cm³/mol. The van der Waals surface area contributed by atoms with Crippen molar-refractivity contribution in [1.29, 1.82) is 0 Å². The van der Waals surface area contributed by atoms with E-state index in [0.717, 1.165) is 6.61 Å². The molecule has 0 aromatic heterocycles. The highest BCUT2D eigenvalue weighted by Crippen LogP contribution is 2.23. The maximum atomic E-state index is 5.76. The largest absolute Gasteiger partial charge is 0.377 e. The third-order valence-corrected chi connectivity index (χ3v) is 2.98. The third kappa shape index (κ3) is 2.97. The summed E-state index contributed by atoms with van der Waals surface area (Å²) in [7, 11) is 0. The zero-order valence-electron chi connectivity index (χ0n) is 10.7. The Bertz CT molecular complexity index is 491. The molecule has 0 saturated carbocycles. The van der Waals surface area contributed by atoms with Crippen molar-refractivity contribution >= 4 is 0 Å². The van der Waals surface area contributed by atoms with E-state index in [1.54, 1.807) is 0 Å². The van der Waals surface area contributed by atoms with E-state index >= 15 is 0 Å². The van der Waals surface area contributed by atoms with E-state index in [9.17, 15) is 0 Å². The fraction of sp³-hybridized carbons (Fsp3) is 0.250. The topological polar surface area (TPSA) is 35.2 Å². The first-order valence-electron chi connectivity index (χ1n) is 6.30. The molecule has 0 atom stereocenters. The van der Waals surface area contributed by atoms with Gasteiger partial charge in [-0.25, -0.2) is 0 Å². The maximum Gasteiger partial charge on any atom is 0.0716 e. The van der Waals surface area contributed by atoms with Crippen molar-refractivity contribution < 1.29 is 4.74 Å². The Morgan fingerprint density at radius 3 is 2.39 bits per heavy atom. The van der Waals surface area contributed by atoms with E-state index in [1.165, 1.54) is 22.3 Å². The number of ether oxygens (including phenoxy) is 1. The summed E-state index contributed by atoms with van der Waals surface area (Å²) >= 11 is 0. The van der Waals surface area contributed by atoms with Gasteiger partial charge >= 0.3 is 0 Å². The Labute approximate surface area is 108 Å². The fourth-order valence-corrected chi connectivity index (χ4v) is 1.98. The first-order valence-corrected chi connectivity index (χ1v) is 6.30. The van der Waals surface area contributed by atoms with Crippen molar-refractivity contribution in [3.8, 4) is 11.1 Å². The summed E-state index contributed by atoms with van der Waals surface area (Å²) in [6.45, 7) is 4.00. The standard InChI is InChI=1S/C16H19NO/c1-2-18-12-13-7-9-14(10-8-13)16-6-4-3-5-15(16)11-17/h3-10H,2,11-12,17H2,1H3. The molecule has 0 unspecified atom stereocenters. The molecule has 94 valence electrons. The summed E-state index contributed by atoms with van der Waals surface area (Å²) < 4.78 is 5.39. The molecule has 0 aliphatic carbocycles. The Balaban J connectivity index is 2.23. The molecule has 2 N–H and O–H groups in total. The second kappa shape index (κ2) is 6.34. The van der Waals surface area contributed by atoms with E-state index in [4.69, 9.17) is 10.5 Å². The van der Waals surface area contributed by atoms with Gasteiger partial charge in [0.2, 0.25) is 0 Å². The molecule has 0 fully saturated rings. The average molecular weight is 241 g/mol. The second-order valence-corrected chi connectivity index (χ2v) is 4.20. The molecular weight excluding hydrogens is 222 g/mol. The van der Waals surface area contributed by atoms with Crippen LogP contribution < -0.4 is 5.73 Å². The first-order chi connectivity index (χ1) is 8.85. The van der Waals surface area contributed by atoms with E-state index in [1.807, 2.05) is 19.1 Å². The highest BCUT2D eigenvalue weighted by atomic mass is 16.5. The summed E-state index contributed by atoms with van der Waals surface area (Å²) in [5.41, 5.74) is 10.6. The summed E-state index contributed by atoms with van der Waals surface area (Å²) in [5, 5.41) is 0. The molecule has 0 spiro atoms. The maximum absolute atomic E-state index is 5.76. The minimum Gasteiger partial charge on any atom is -0.377 e. The quantitative estimate of drug-likeness (QED) is 0.871. The van der Waals surface area contributed by atoms with Crippen LogP contribution in [0.25, 0.3) is 11.1 Å². The van der Waals surface area contributed by atoms with Crippen LogP contribution >= 0.6 is 0 Å². The van der Waals surface area contributed by atoms with Crippen molar-refractivity contribution in [1.82, 2.24) is 0 Å². The number of nitrogens with two attached hydrogens (primary N) is 1. The zero-order chi connectivity index (χ0) is 12.8. The van der Waals surface area contributed by atoms with Gasteiger partial charge in [-0.2, -0.15) is 0 Å². The number of benzene rings is 2. The fourth-order valence-electron chi connectivity index (χ4n) is 1.98. The van der Waals surface area contributed by atoms with Crippen molar-refractivity contribution in [2.75, 3.05) is 6.61 Å². The highest BCUT2D eigenvalue weighted by Gasteiger charge is 2.02. The van der Waals surface area contributed by atoms with E-state index in [-0.39, 0.29) is 0 Å². The van der Waals surface area contributed by atoms with Gasteiger partial charge in [0.05, 0.1) is 6.61 Å². The Morgan fingerprint density at radius 2 is 1.72 bits per heavy atom. The predicted octanol–water partition coefficient (Wildman–Crippen LogP) is 3.35. The lowest BCUT2D eigenvalue weighted by Crippen LogP contribution is -1.98. The molecule has 18 heavy (non-hydrogen) atoms. The van der Waals surface area contributed by atoms with Crippen LogP contribution in [0.1, 0.15) is 18.1 Å². The lowest BCUT2D eigenvalue weighted by molar-refractivity contribution is 0.134. The summed E-state index contributed by atoms with van der Waals surface area (Å²) in [4.78, 5) is 0. The van der Waals surface area contributed by atoms with Gasteiger partial charge in [0.1, 0.15) is 0 Å². The molecule has 2 rings (SSSR count). The van der Waals surface area contributed by atoms with Crippen LogP contribution in [-0.4, -0.2) is 6.61 Å². The summed E-state index contributed by atoms with van der Waals surface area (Å²) in [6, 6.07) is 16.7. The van der Waals surface area contributed by atoms with Gasteiger partial charge in [-0.15, -0.1) is 0 Å². The van der Waals surface area contributed by atoms with Gasteiger partial charge < -0.3 is 10.5 Å². The van der Waals surface area contributed by atoms with Gasteiger partial charge in [0.25, 0.3) is 0 Å². The SMILES string of the molecule is CCOCc1ccc(-c2ccccc2CN)cc1. The van der Waals surface area contributed by atoms with Crippen LogP contribution in [0.5, 0.6) is 0 Å². The van der Waals surface area contributed by atoms with Crippen molar-refractivity contribution in [3.63, 3.8) is 0 Å². The van der Waals surface area contributed by atoms with E-state index in [2.05, 4.69) is 36.4 Å². The number of hydrogen-bond acceptors (Lipinski definition) is 2. The molecule has 0 amide bonds. The van der Waals surface area contributed by atoms with Crippen LogP contribution in [-0.2, 0) is 17.9 Å². The van der Waals surface area contributed by atoms with Gasteiger partial charge in [-0.1, -0.05) is 48.5 Å². The van der Waals surface area contributed by atoms with Crippen molar-refractivity contribution in [3.05, 3.63) is 59.7 Å². The Morgan fingerprint density at radius 1 is 1.00 bits per heavy atom. The van der Waals surface area contributed by atoms with Crippen LogP contribution in [0.4, 0.5) is 0 Å². The monoisotopic (exact) mass is 241 g/mol. The van der Waals surface area contributed by atoms with Crippen LogP contribution in [0, 0.1) is 0 Å². The minimum atomic E-state index is 0.566. The molecule has 0 aliphatic heterocycles. The lowest BCUT2D eigenvalue weighted by Gasteiger charge is -2.08. The van der Waals surface area contributed by atoms with Gasteiger partial charge in [0, 0.05) is 13.2 Å². The molecule has 2 aromatic carbocycles. The lowest BCUT2D eigenvalue weighted by atomic mass is 9.99. The minimum absolute atomic E-state index is 0.566. The van der Waals surface area contributed by atoms with Gasteiger partial charge in [0.15, 0.2) is 0 Å². The number of hydrogen-bond donors (Lipinski definition) is 1. The molecule has 0 radical (unpaired) electrons. The molecule has 2 heteroatoms. The smallest absolute Gasteiger partial charge is 0.0716 e. The Kier molecular flexibility index (Phi) is 4.51. The molecule has 0 saturated heterocycles. The summed E-state index contributed by atoms with van der Waals surface area (Å²) in [5.74, 6) is 0. The normalized spacial score (nSPS) is 10.6. The molecule has 0 heterocycles. The molecule has 0 aliphatic rings. The van der Waals surface area contributed by atoms with E-state index < -0.39 is 0 Å².